The lowest BCUT2D eigenvalue weighted by Gasteiger charge is -2.35. The SMILES string of the molecule is O=C1CC2(CCN3CCC2C3)C(=O)O1. The average molecular weight is 195 g/mol. The maximum Gasteiger partial charge on any atom is 0.320 e. The van der Waals surface area contributed by atoms with Crippen molar-refractivity contribution in [1.29, 1.82) is 0 Å². The van der Waals surface area contributed by atoms with Gasteiger partial charge < -0.3 is 9.64 Å². The highest BCUT2D eigenvalue weighted by Gasteiger charge is 2.57. The number of rotatable bonds is 0. The standard InChI is InChI=1S/C10H13NO3/c12-8-5-10(9(13)14-8)2-4-11-3-1-7(10)6-11/h7H,1-6H2. The van der Waals surface area contributed by atoms with Crippen LogP contribution in [0.25, 0.3) is 0 Å². The van der Waals surface area contributed by atoms with Gasteiger partial charge in [-0.15, -0.1) is 0 Å². The molecule has 3 rings (SSSR count). The number of carbonyl (C=O) groups excluding carboxylic acids is 2. The summed E-state index contributed by atoms with van der Waals surface area (Å²) >= 11 is 0. The Morgan fingerprint density at radius 2 is 2.21 bits per heavy atom. The van der Waals surface area contributed by atoms with Crippen LogP contribution in [0, 0.1) is 11.3 Å². The third kappa shape index (κ3) is 0.919. The summed E-state index contributed by atoms with van der Waals surface area (Å²) in [6.45, 7) is 3.00. The summed E-state index contributed by atoms with van der Waals surface area (Å²) in [5.74, 6) is -0.223. The Balaban J connectivity index is 1.95. The van der Waals surface area contributed by atoms with Crippen molar-refractivity contribution in [2.24, 2.45) is 11.3 Å². The van der Waals surface area contributed by atoms with Crippen molar-refractivity contribution in [2.75, 3.05) is 19.6 Å². The number of hydrogen-bond acceptors (Lipinski definition) is 4. The highest BCUT2D eigenvalue weighted by Crippen LogP contribution is 2.48. The Hall–Kier alpha value is -0.900. The predicted octanol–water partition coefficient (Wildman–Crippen LogP) is 0.172. The molecule has 3 aliphatic heterocycles. The number of esters is 2. The quantitative estimate of drug-likeness (QED) is 0.408. The number of cyclic esters (lactones) is 2. The zero-order valence-corrected chi connectivity index (χ0v) is 7.99. The second-order valence-corrected chi connectivity index (χ2v) is 4.63. The first kappa shape index (κ1) is 8.41. The van der Waals surface area contributed by atoms with Gasteiger partial charge in [0, 0.05) is 6.54 Å². The van der Waals surface area contributed by atoms with Gasteiger partial charge in [-0.05, 0) is 31.8 Å². The molecule has 3 fully saturated rings. The molecule has 3 unspecified atom stereocenters. The van der Waals surface area contributed by atoms with Gasteiger partial charge in [-0.3, -0.25) is 9.59 Å². The fourth-order valence-corrected chi connectivity index (χ4v) is 3.12. The van der Waals surface area contributed by atoms with Crippen LogP contribution in [0.4, 0.5) is 0 Å². The molecule has 4 heteroatoms. The highest BCUT2D eigenvalue weighted by molar-refractivity contribution is 5.97. The first-order valence-electron chi connectivity index (χ1n) is 5.18. The first-order chi connectivity index (χ1) is 6.71. The van der Waals surface area contributed by atoms with Crippen molar-refractivity contribution in [2.45, 2.75) is 19.3 Å². The molecule has 3 aliphatic rings. The van der Waals surface area contributed by atoms with Crippen molar-refractivity contribution in [3.63, 3.8) is 0 Å². The summed E-state index contributed by atoms with van der Waals surface area (Å²) in [5, 5.41) is 0. The molecule has 0 radical (unpaired) electrons. The van der Waals surface area contributed by atoms with E-state index >= 15 is 0 Å². The molecule has 0 aliphatic carbocycles. The average Bonchev–Trinajstić information content (AvgIpc) is 2.65. The molecule has 0 aromatic heterocycles. The van der Waals surface area contributed by atoms with Gasteiger partial charge >= 0.3 is 11.9 Å². The lowest BCUT2D eigenvalue weighted by atomic mass is 9.70. The molecule has 0 amide bonds. The van der Waals surface area contributed by atoms with Gasteiger partial charge in [-0.2, -0.15) is 0 Å². The molecule has 0 saturated carbocycles. The molecule has 0 aromatic carbocycles. The maximum absolute atomic E-state index is 11.7. The lowest BCUT2D eigenvalue weighted by molar-refractivity contribution is -0.157. The second-order valence-electron chi connectivity index (χ2n) is 4.63. The minimum atomic E-state index is -0.440. The molecule has 3 saturated heterocycles. The molecule has 0 N–H and O–H groups in total. The Morgan fingerprint density at radius 3 is 2.93 bits per heavy atom. The van der Waals surface area contributed by atoms with Crippen molar-refractivity contribution >= 4 is 11.9 Å². The van der Waals surface area contributed by atoms with Gasteiger partial charge in [0.25, 0.3) is 0 Å². The van der Waals surface area contributed by atoms with Gasteiger partial charge in [0.15, 0.2) is 0 Å². The molecule has 0 aromatic rings. The van der Waals surface area contributed by atoms with E-state index in [4.69, 9.17) is 4.74 Å². The Morgan fingerprint density at radius 1 is 1.36 bits per heavy atom. The summed E-state index contributed by atoms with van der Waals surface area (Å²) in [7, 11) is 0. The van der Waals surface area contributed by atoms with Crippen LogP contribution in [0.3, 0.4) is 0 Å². The van der Waals surface area contributed by atoms with Crippen LogP contribution < -0.4 is 0 Å². The third-order valence-corrected chi connectivity index (χ3v) is 4.00. The fourth-order valence-electron chi connectivity index (χ4n) is 3.12. The second kappa shape index (κ2) is 2.57. The van der Waals surface area contributed by atoms with E-state index in [1.54, 1.807) is 0 Å². The molecule has 3 atom stereocenters. The number of ether oxygens (including phenoxy) is 1. The molecular weight excluding hydrogens is 182 g/mol. The minimum absolute atomic E-state index is 0.256. The highest BCUT2D eigenvalue weighted by atomic mass is 16.6. The smallest absolute Gasteiger partial charge is 0.320 e. The number of carbonyl (C=O) groups is 2. The number of fused-ring (bicyclic) bond motifs is 3. The molecule has 2 bridgehead atoms. The van der Waals surface area contributed by atoms with E-state index in [0.29, 0.717) is 12.3 Å². The Labute approximate surface area is 82.2 Å². The Bertz CT molecular complexity index is 314. The molecule has 1 spiro atoms. The van der Waals surface area contributed by atoms with Crippen LogP contribution in [0.5, 0.6) is 0 Å². The zero-order chi connectivity index (χ0) is 9.76. The van der Waals surface area contributed by atoms with E-state index in [-0.39, 0.29) is 11.9 Å². The monoisotopic (exact) mass is 195 g/mol. The number of nitrogens with zero attached hydrogens (tertiary/aromatic N) is 1. The van der Waals surface area contributed by atoms with Gasteiger partial charge in [-0.25, -0.2) is 0 Å². The molecule has 3 heterocycles. The van der Waals surface area contributed by atoms with Crippen molar-refractivity contribution in [1.82, 2.24) is 4.90 Å². The fraction of sp³-hybridized carbons (Fsp3) is 0.800. The summed E-state index contributed by atoms with van der Waals surface area (Å²) in [4.78, 5) is 25.2. The van der Waals surface area contributed by atoms with E-state index in [9.17, 15) is 9.59 Å². The largest absolute Gasteiger partial charge is 0.393 e. The number of hydrogen-bond donors (Lipinski definition) is 0. The Kier molecular flexibility index (Phi) is 1.54. The van der Waals surface area contributed by atoms with Crippen LogP contribution in [0.1, 0.15) is 19.3 Å². The molecule has 4 nitrogen and oxygen atoms in total. The zero-order valence-electron chi connectivity index (χ0n) is 7.99. The van der Waals surface area contributed by atoms with Gasteiger partial charge in [-0.1, -0.05) is 0 Å². The molecule has 76 valence electrons. The summed E-state index contributed by atoms with van der Waals surface area (Å²) < 4.78 is 4.71. The van der Waals surface area contributed by atoms with Crippen LogP contribution in [-0.4, -0.2) is 36.5 Å². The lowest BCUT2D eigenvalue weighted by Crippen LogP contribution is -2.43. The third-order valence-electron chi connectivity index (χ3n) is 4.00. The summed E-state index contributed by atoms with van der Waals surface area (Å²) in [6, 6.07) is 0. The summed E-state index contributed by atoms with van der Waals surface area (Å²) in [5.41, 5.74) is -0.440. The van der Waals surface area contributed by atoms with E-state index in [1.165, 1.54) is 0 Å². The molecular formula is C10H13NO3. The van der Waals surface area contributed by atoms with Crippen molar-refractivity contribution < 1.29 is 14.3 Å². The van der Waals surface area contributed by atoms with E-state index in [1.807, 2.05) is 0 Å². The van der Waals surface area contributed by atoms with E-state index in [2.05, 4.69) is 4.90 Å². The van der Waals surface area contributed by atoms with Crippen LogP contribution >= 0.6 is 0 Å². The topological polar surface area (TPSA) is 46.6 Å². The maximum atomic E-state index is 11.7. The molecule has 14 heavy (non-hydrogen) atoms. The van der Waals surface area contributed by atoms with Crippen LogP contribution in [0.15, 0.2) is 0 Å². The summed E-state index contributed by atoms with van der Waals surface area (Å²) in [6.07, 6.45) is 2.18. The van der Waals surface area contributed by atoms with Gasteiger partial charge in [0.1, 0.15) is 0 Å². The normalized spacial score (nSPS) is 46.0. The predicted molar refractivity (Wildman–Crippen MR) is 47.3 cm³/mol. The van der Waals surface area contributed by atoms with Crippen molar-refractivity contribution in [3.8, 4) is 0 Å². The van der Waals surface area contributed by atoms with E-state index < -0.39 is 5.41 Å². The first-order valence-corrected chi connectivity index (χ1v) is 5.18. The van der Waals surface area contributed by atoms with Gasteiger partial charge in [0.2, 0.25) is 0 Å². The van der Waals surface area contributed by atoms with Gasteiger partial charge in [0.05, 0.1) is 11.8 Å². The van der Waals surface area contributed by atoms with Crippen molar-refractivity contribution in [3.05, 3.63) is 0 Å². The van der Waals surface area contributed by atoms with Crippen LogP contribution in [0.2, 0.25) is 0 Å². The minimum Gasteiger partial charge on any atom is -0.393 e. The van der Waals surface area contributed by atoms with Crippen LogP contribution in [-0.2, 0) is 14.3 Å². The van der Waals surface area contributed by atoms with E-state index in [0.717, 1.165) is 32.5 Å². The number of piperidine rings is 1.